The summed E-state index contributed by atoms with van der Waals surface area (Å²) in [6, 6.07) is 0. The predicted molar refractivity (Wildman–Crippen MR) is 40.5 cm³/mol. The van der Waals surface area contributed by atoms with Gasteiger partial charge in [-0.15, -0.1) is 0 Å². The van der Waals surface area contributed by atoms with Crippen LogP contribution in [0.4, 0.5) is 8.68 Å². The molecule has 0 aromatic carbocycles. The Morgan fingerprint density at radius 2 is 1.00 bits per heavy atom. The van der Waals surface area contributed by atoms with Crippen LogP contribution in [0.2, 0.25) is 13.4 Å². The molecular weight excluding hydrogens is 257 g/mol. The van der Waals surface area contributed by atoms with E-state index in [-0.39, 0.29) is 0 Å². The van der Waals surface area contributed by atoms with E-state index in [1.807, 2.05) is 0 Å². The zero-order valence-electron chi connectivity index (χ0n) is 7.04. The fourth-order valence-corrected chi connectivity index (χ4v) is 0. The molecule has 0 unspecified atom stereocenters. The Hall–Kier alpha value is 0.580. The van der Waals surface area contributed by atoms with Gasteiger partial charge in [-0.1, -0.05) is 0 Å². The summed E-state index contributed by atoms with van der Waals surface area (Å²) in [5, 5.41) is 0. The van der Waals surface area contributed by atoms with Crippen LogP contribution in [0, 0.1) is 0 Å². The van der Waals surface area contributed by atoms with Gasteiger partial charge < -0.3 is 0 Å². The van der Waals surface area contributed by atoms with Gasteiger partial charge in [0.2, 0.25) is 0 Å². The van der Waals surface area contributed by atoms with Gasteiger partial charge in [-0.25, -0.2) is 0 Å². The number of halogens is 3. The first-order chi connectivity index (χ1) is 3.75. The van der Waals surface area contributed by atoms with Crippen molar-refractivity contribution in [3.05, 3.63) is 0 Å². The molecule has 0 atom stereocenters. The molecule has 0 aromatic rings. The summed E-state index contributed by atoms with van der Waals surface area (Å²) in [6.07, 6.45) is 0. The number of rotatable bonds is 0. The van der Waals surface area contributed by atoms with Gasteiger partial charge in [-0.05, 0) is 0 Å². The SMILES string of the molecule is CC(C)(C)[Te](C)(C)(F)(F)F. The molecule has 0 aliphatic rings. The van der Waals surface area contributed by atoms with Gasteiger partial charge in [0, 0.05) is 0 Å². The van der Waals surface area contributed by atoms with Gasteiger partial charge in [0.1, 0.15) is 0 Å². The van der Waals surface area contributed by atoms with Crippen molar-refractivity contribution in [1.82, 2.24) is 0 Å². The molecule has 10 heavy (non-hydrogen) atoms. The van der Waals surface area contributed by atoms with Crippen molar-refractivity contribution in [2.45, 2.75) is 34.2 Å². The van der Waals surface area contributed by atoms with E-state index in [1.54, 1.807) is 0 Å². The molecular formula is C6H15F3Te. The molecule has 0 heterocycles. The molecule has 0 fully saturated rings. The second-order valence-electron chi connectivity index (χ2n) is 4.26. The van der Waals surface area contributed by atoms with Crippen molar-refractivity contribution in [3.63, 3.8) is 0 Å². The van der Waals surface area contributed by atoms with E-state index >= 15 is 0 Å². The Kier molecular flexibility index (Phi) is 1.60. The van der Waals surface area contributed by atoms with E-state index in [0.717, 1.165) is 0 Å². The van der Waals surface area contributed by atoms with Gasteiger partial charge in [-0.2, -0.15) is 0 Å². The summed E-state index contributed by atoms with van der Waals surface area (Å²) in [4.78, 5) is 1.00. The van der Waals surface area contributed by atoms with Crippen LogP contribution in [-0.2, 0) is 0 Å². The molecule has 0 rings (SSSR count). The third kappa shape index (κ3) is 2.03. The normalized spacial score (nSPS) is 21.6. The summed E-state index contributed by atoms with van der Waals surface area (Å²) in [6.45, 7) is 3.75. The van der Waals surface area contributed by atoms with Gasteiger partial charge in [0.15, 0.2) is 0 Å². The van der Waals surface area contributed by atoms with E-state index in [4.69, 9.17) is 0 Å². The molecule has 0 amide bonds. The molecule has 0 radical (unpaired) electrons. The van der Waals surface area contributed by atoms with Gasteiger partial charge in [0.05, 0.1) is 0 Å². The molecule has 0 aromatic heterocycles. The fraction of sp³-hybridized carbons (Fsp3) is 1.00. The van der Waals surface area contributed by atoms with E-state index in [9.17, 15) is 8.68 Å². The molecule has 0 aliphatic heterocycles. The molecule has 4 heteroatoms. The summed E-state index contributed by atoms with van der Waals surface area (Å²) in [7, 11) is 0. The monoisotopic (exact) mass is 274 g/mol. The standard InChI is InChI=1S/C6H15F3Te/c1-6(2,3)10(4,5,7,8)9/h1-5H3. The summed E-state index contributed by atoms with van der Waals surface area (Å²) < 4.78 is 37.9. The Bertz CT molecular complexity index is 143. The number of hydrogen-bond acceptors (Lipinski definition) is 0. The molecule has 0 nitrogen and oxygen atoms in total. The van der Waals surface area contributed by atoms with E-state index < -0.39 is 20.6 Å². The van der Waals surface area contributed by atoms with Crippen molar-refractivity contribution >= 4 is 17.1 Å². The van der Waals surface area contributed by atoms with Crippen LogP contribution in [0.3, 0.4) is 0 Å². The van der Waals surface area contributed by atoms with Crippen molar-refractivity contribution < 1.29 is 8.68 Å². The maximum atomic E-state index is 13.1. The molecule has 0 bridgehead atoms. The van der Waals surface area contributed by atoms with Crippen LogP contribution in [-0.4, -0.2) is 17.1 Å². The van der Waals surface area contributed by atoms with E-state index in [2.05, 4.69) is 0 Å². The van der Waals surface area contributed by atoms with Gasteiger partial charge in [0.25, 0.3) is 0 Å². The van der Waals surface area contributed by atoms with Crippen molar-refractivity contribution in [1.29, 1.82) is 0 Å². The van der Waals surface area contributed by atoms with Crippen molar-refractivity contribution in [2.75, 3.05) is 0 Å². The minimum atomic E-state index is -7.05. The van der Waals surface area contributed by atoms with E-state index in [1.165, 1.54) is 20.8 Å². The van der Waals surface area contributed by atoms with Crippen LogP contribution < -0.4 is 0 Å². The van der Waals surface area contributed by atoms with Crippen LogP contribution in [0.5, 0.6) is 0 Å². The summed E-state index contributed by atoms with van der Waals surface area (Å²) >= 11 is -7.05. The average Bonchev–Trinajstić information content (AvgIpc) is 1.16. The van der Waals surface area contributed by atoms with Gasteiger partial charge in [-0.3, -0.25) is 0 Å². The molecule has 0 saturated carbocycles. The van der Waals surface area contributed by atoms with Gasteiger partial charge >= 0.3 is 60.0 Å². The zero-order valence-corrected chi connectivity index (χ0v) is 9.37. The molecule has 0 saturated heterocycles. The minimum absolute atomic E-state index is 0.502. The fourth-order valence-electron chi connectivity index (χ4n) is 0. The number of hydrogen-bond donors (Lipinski definition) is 0. The van der Waals surface area contributed by atoms with Crippen LogP contribution in [0.15, 0.2) is 0 Å². The Morgan fingerprint density at radius 3 is 1.00 bits per heavy atom. The maximum absolute atomic E-state index is 13.1. The predicted octanol–water partition coefficient (Wildman–Crippen LogP) is 3.80. The Morgan fingerprint density at radius 1 is 0.900 bits per heavy atom. The summed E-state index contributed by atoms with van der Waals surface area (Å²) in [5.41, 5.74) is 0. The average molecular weight is 272 g/mol. The second kappa shape index (κ2) is 1.51. The first-order valence-electron chi connectivity index (χ1n) is 2.98. The first kappa shape index (κ1) is 10.6. The van der Waals surface area contributed by atoms with Crippen LogP contribution in [0.25, 0.3) is 0 Å². The van der Waals surface area contributed by atoms with Crippen molar-refractivity contribution in [3.8, 4) is 0 Å². The van der Waals surface area contributed by atoms with E-state index in [0.29, 0.717) is 9.94 Å². The molecule has 66 valence electrons. The Labute approximate surface area is 60.3 Å². The molecule has 0 aliphatic carbocycles. The zero-order chi connectivity index (χ0) is 8.91. The third-order valence-electron chi connectivity index (χ3n) is 1.92. The second-order valence-corrected chi connectivity index (χ2v) is 20.0. The Balaban J connectivity index is 5.14. The first-order valence-corrected chi connectivity index (χ1v) is 11.5. The van der Waals surface area contributed by atoms with Crippen molar-refractivity contribution in [2.24, 2.45) is 0 Å². The molecule has 0 spiro atoms. The van der Waals surface area contributed by atoms with Crippen LogP contribution in [0.1, 0.15) is 20.8 Å². The quantitative estimate of drug-likeness (QED) is 0.588. The third-order valence-corrected chi connectivity index (χ3v) is 12.9. The molecule has 0 N–H and O–H groups in total. The van der Waals surface area contributed by atoms with Crippen LogP contribution >= 0.6 is 0 Å². The topological polar surface area (TPSA) is 0 Å². The summed E-state index contributed by atoms with van der Waals surface area (Å²) in [5.74, 6) is 0.